The van der Waals surface area contributed by atoms with Crippen LogP contribution in [0.4, 0.5) is 0 Å². The summed E-state index contributed by atoms with van der Waals surface area (Å²) in [6, 6.07) is 9.63. The maximum Gasteiger partial charge on any atom is 0.231 e. The van der Waals surface area contributed by atoms with Gasteiger partial charge in [0.25, 0.3) is 0 Å². The number of hydrogen-bond donors (Lipinski definition) is 3. The molecular formula is C15H21N3O3. The lowest BCUT2D eigenvalue weighted by Gasteiger charge is -2.25. The van der Waals surface area contributed by atoms with Gasteiger partial charge in [0.05, 0.1) is 0 Å². The van der Waals surface area contributed by atoms with Crippen LogP contribution in [0.5, 0.6) is 0 Å². The van der Waals surface area contributed by atoms with Crippen LogP contribution in [0.15, 0.2) is 35.5 Å². The first-order chi connectivity index (χ1) is 10.2. The first-order valence-electron chi connectivity index (χ1n) is 7.10. The second-order valence-corrected chi connectivity index (χ2v) is 5.16. The number of carbonyl (C=O) groups excluding carboxylic acids is 1. The average molecular weight is 291 g/mol. The fourth-order valence-corrected chi connectivity index (χ4v) is 2.39. The summed E-state index contributed by atoms with van der Waals surface area (Å²) in [4.78, 5) is 12.4. The Morgan fingerprint density at radius 2 is 2.05 bits per heavy atom. The minimum Gasteiger partial charge on any atom is -0.409 e. The number of nitrogens with two attached hydrogens (primary N) is 1. The standard InChI is InChI=1S/C15H21N3O3/c16-14(18-20)13(10-11-4-2-1-3-5-11)15(19)17-12-6-8-21-9-7-12/h1-5,12-13,20H,6-10H2,(H2,16,18)(H,17,19). The van der Waals surface area contributed by atoms with E-state index in [-0.39, 0.29) is 17.8 Å². The van der Waals surface area contributed by atoms with Gasteiger partial charge >= 0.3 is 0 Å². The summed E-state index contributed by atoms with van der Waals surface area (Å²) in [5.41, 5.74) is 6.65. The lowest BCUT2D eigenvalue weighted by molar-refractivity contribution is -0.124. The van der Waals surface area contributed by atoms with Crippen molar-refractivity contribution in [2.45, 2.75) is 25.3 Å². The molecule has 1 fully saturated rings. The molecule has 1 aromatic rings. The Kier molecular flexibility index (Phi) is 5.57. The third-order valence-corrected chi connectivity index (χ3v) is 3.64. The molecule has 4 N–H and O–H groups in total. The van der Waals surface area contributed by atoms with E-state index in [1.54, 1.807) is 0 Å². The average Bonchev–Trinajstić information content (AvgIpc) is 2.53. The monoisotopic (exact) mass is 291 g/mol. The van der Waals surface area contributed by atoms with Crippen LogP contribution in [-0.4, -0.2) is 36.2 Å². The van der Waals surface area contributed by atoms with Crippen LogP contribution < -0.4 is 11.1 Å². The number of hydrogen-bond acceptors (Lipinski definition) is 4. The van der Waals surface area contributed by atoms with Gasteiger partial charge in [-0.05, 0) is 24.8 Å². The van der Waals surface area contributed by atoms with Crippen molar-refractivity contribution >= 4 is 11.7 Å². The van der Waals surface area contributed by atoms with E-state index in [1.165, 1.54) is 0 Å². The van der Waals surface area contributed by atoms with Crippen LogP contribution in [0.3, 0.4) is 0 Å². The zero-order valence-electron chi connectivity index (χ0n) is 11.9. The van der Waals surface area contributed by atoms with Gasteiger partial charge in [-0.15, -0.1) is 0 Å². The number of carbonyl (C=O) groups is 1. The fourth-order valence-electron chi connectivity index (χ4n) is 2.39. The molecule has 0 aromatic heterocycles. The topological polar surface area (TPSA) is 96.9 Å². The SMILES string of the molecule is NC(=NO)C(Cc1ccccc1)C(=O)NC1CCOCC1. The molecule has 21 heavy (non-hydrogen) atoms. The molecule has 2 rings (SSSR count). The van der Waals surface area contributed by atoms with Gasteiger partial charge < -0.3 is 21.0 Å². The van der Waals surface area contributed by atoms with Gasteiger partial charge in [-0.1, -0.05) is 35.5 Å². The molecule has 1 aromatic carbocycles. The van der Waals surface area contributed by atoms with Gasteiger partial charge in [0.15, 0.2) is 5.84 Å². The summed E-state index contributed by atoms with van der Waals surface area (Å²) in [6.45, 7) is 1.30. The number of amidine groups is 1. The van der Waals surface area contributed by atoms with Crippen molar-refractivity contribution in [3.63, 3.8) is 0 Å². The van der Waals surface area contributed by atoms with Crippen molar-refractivity contribution in [1.29, 1.82) is 0 Å². The quantitative estimate of drug-likeness (QED) is 0.325. The van der Waals surface area contributed by atoms with Crippen LogP contribution in [0, 0.1) is 5.92 Å². The molecule has 1 unspecified atom stereocenters. The number of nitrogens with one attached hydrogen (secondary N) is 1. The lowest BCUT2D eigenvalue weighted by atomic mass is 9.96. The molecule has 6 nitrogen and oxygen atoms in total. The summed E-state index contributed by atoms with van der Waals surface area (Å²) in [5.74, 6) is -0.940. The van der Waals surface area contributed by atoms with Crippen molar-refractivity contribution in [3.05, 3.63) is 35.9 Å². The van der Waals surface area contributed by atoms with Crippen LogP contribution >= 0.6 is 0 Å². The first kappa shape index (κ1) is 15.3. The van der Waals surface area contributed by atoms with Gasteiger partial charge in [-0.25, -0.2) is 0 Å². The Hall–Kier alpha value is -2.08. The number of rotatable bonds is 5. The molecule has 1 aliphatic rings. The molecule has 6 heteroatoms. The molecule has 114 valence electrons. The molecule has 1 heterocycles. The number of benzene rings is 1. The maximum atomic E-state index is 12.4. The molecule has 1 amide bonds. The molecule has 1 aliphatic heterocycles. The fraction of sp³-hybridized carbons (Fsp3) is 0.467. The van der Waals surface area contributed by atoms with Gasteiger partial charge in [0.1, 0.15) is 5.92 Å². The summed E-state index contributed by atoms with van der Waals surface area (Å²) in [5, 5.41) is 14.9. The Bertz CT molecular complexity index is 484. The Balaban J connectivity index is 2.02. The van der Waals surface area contributed by atoms with Crippen molar-refractivity contribution < 1.29 is 14.7 Å². The highest BCUT2D eigenvalue weighted by molar-refractivity contribution is 6.02. The Morgan fingerprint density at radius 3 is 2.67 bits per heavy atom. The molecule has 0 radical (unpaired) electrons. The van der Waals surface area contributed by atoms with Crippen molar-refractivity contribution in [2.75, 3.05) is 13.2 Å². The van der Waals surface area contributed by atoms with E-state index in [0.29, 0.717) is 19.6 Å². The smallest absolute Gasteiger partial charge is 0.231 e. The second-order valence-electron chi connectivity index (χ2n) is 5.16. The zero-order valence-corrected chi connectivity index (χ0v) is 11.9. The number of ether oxygens (including phenoxy) is 1. The summed E-state index contributed by atoms with van der Waals surface area (Å²) < 4.78 is 5.27. The minimum absolute atomic E-state index is 0.0663. The van der Waals surface area contributed by atoms with Crippen molar-refractivity contribution in [2.24, 2.45) is 16.8 Å². The maximum absolute atomic E-state index is 12.4. The van der Waals surface area contributed by atoms with E-state index in [1.807, 2.05) is 30.3 Å². The van der Waals surface area contributed by atoms with Gasteiger partial charge in [0.2, 0.25) is 5.91 Å². The Morgan fingerprint density at radius 1 is 1.38 bits per heavy atom. The van der Waals surface area contributed by atoms with Gasteiger partial charge in [-0.2, -0.15) is 0 Å². The van der Waals surface area contributed by atoms with E-state index < -0.39 is 5.92 Å². The molecule has 0 spiro atoms. The van der Waals surface area contributed by atoms with Crippen molar-refractivity contribution in [1.82, 2.24) is 5.32 Å². The summed E-state index contributed by atoms with van der Waals surface area (Å²) >= 11 is 0. The lowest BCUT2D eigenvalue weighted by Crippen LogP contribution is -2.46. The molecule has 1 atom stereocenters. The highest BCUT2D eigenvalue weighted by atomic mass is 16.5. The highest BCUT2D eigenvalue weighted by Gasteiger charge is 2.26. The van der Waals surface area contributed by atoms with Crippen LogP contribution in [0.2, 0.25) is 0 Å². The number of oxime groups is 1. The van der Waals surface area contributed by atoms with E-state index in [4.69, 9.17) is 15.7 Å². The molecular weight excluding hydrogens is 270 g/mol. The zero-order chi connectivity index (χ0) is 15.1. The molecule has 0 aliphatic carbocycles. The minimum atomic E-state index is -0.666. The van der Waals surface area contributed by atoms with Gasteiger partial charge in [0, 0.05) is 19.3 Å². The predicted octanol–water partition coefficient (Wildman–Crippen LogP) is 0.887. The van der Waals surface area contributed by atoms with E-state index in [0.717, 1.165) is 18.4 Å². The second kappa shape index (κ2) is 7.64. The normalized spacial score (nSPS) is 18.2. The first-order valence-corrected chi connectivity index (χ1v) is 7.10. The van der Waals surface area contributed by atoms with Crippen LogP contribution in [-0.2, 0) is 16.0 Å². The highest BCUT2D eigenvalue weighted by Crippen LogP contribution is 2.12. The molecule has 1 saturated heterocycles. The summed E-state index contributed by atoms with van der Waals surface area (Å²) in [6.07, 6.45) is 1.99. The molecule has 0 bridgehead atoms. The van der Waals surface area contributed by atoms with E-state index >= 15 is 0 Å². The summed E-state index contributed by atoms with van der Waals surface area (Å²) in [7, 11) is 0. The molecule has 0 saturated carbocycles. The number of amides is 1. The van der Waals surface area contributed by atoms with Gasteiger partial charge in [-0.3, -0.25) is 4.79 Å². The largest absolute Gasteiger partial charge is 0.409 e. The van der Waals surface area contributed by atoms with E-state index in [9.17, 15) is 4.79 Å². The van der Waals surface area contributed by atoms with Crippen LogP contribution in [0.1, 0.15) is 18.4 Å². The van der Waals surface area contributed by atoms with Crippen LogP contribution in [0.25, 0.3) is 0 Å². The van der Waals surface area contributed by atoms with E-state index in [2.05, 4.69) is 10.5 Å². The van der Waals surface area contributed by atoms with Crippen molar-refractivity contribution in [3.8, 4) is 0 Å². The predicted molar refractivity (Wildman–Crippen MR) is 79.0 cm³/mol. The third-order valence-electron chi connectivity index (χ3n) is 3.64. The third kappa shape index (κ3) is 4.46. The Labute approximate surface area is 124 Å². The number of nitrogens with zero attached hydrogens (tertiary/aromatic N) is 1.